The molecule has 0 aliphatic carbocycles. The Bertz CT molecular complexity index is 222. The second-order valence-electron chi connectivity index (χ2n) is 2.82. The molecule has 0 aliphatic heterocycles. The number of aryl methyl sites for hydroxylation is 1. The fraction of sp³-hybridized carbons (Fsp3) is 0.625. The van der Waals surface area contributed by atoms with Crippen molar-refractivity contribution in [2.75, 3.05) is 12.3 Å². The minimum Gasteiger partial charge on any atom is -0.396 e. The molecule has 0 aromatic carbocycles. The van der Waals surface area contributed by atoms with E-state index in [1.165, 1.54) is 0 Å². The maximum Gasteiger partial charge on any atom is 0.0719 e. The first-order valence-corrected chi connectivity index (χ1v) is 4.21. The molecule has 4 heteroatoms. The predicted octanol–water partition coefficient (Wildman–Crippen LogP) is 0.628. The van der Waals surface area contributed by atoms with Crippen LogP contribution in [0.3, 0.4) is 0 Å². The zero-order chi connectivity index (χ0) is 8.81. The summed E-state index contributed by atoms with van der Waals surface area (Å²) in [6, 6.07) is 0. The van der Waals surface area contributed by atoms with Gasteiger partial charge in [0.1, 0.15) is 0 Å². The third-order valence-electron chi connectivity index (χ3n) is 1.70. The molecule has 3 N–H and O–H groups in total. The lowest BCUT2D eigenvalue weighted by molar-refractivity contribution is 0.281. The molecule has 0 aliphatic rings. The van der Waals surface area contributed by atoms with Gasteiger partial charge >= 0.3 is 0 Å². The Labute approximate surface area is 72.0 Å². The van der Waals surface area contributed by atoms with Gasteiger partial charge in [-0.2, -0.15) is 5.10 Å². The zero-order valence-corrected chi connectivity index (χ0v) is 7.11. The van der Waals surface area contributed by atoms with Crippen molar-refractivity contribution in [1.82, 2.24) is 9.78 Å². The number of hydrogen-bond acceptors (Lipinski definition) is 3. The highest BCUT2D eigenvalue weighted by Gasteiger charge is 1.93. The van der Waals surface area contributed by atoms with Crippen LogP contribution >= 0.6 is 0 Å². The summed E-state index contributed by atoms with van der Waals surface area (Å²) in [5, 5.41) is 12.6. The van der Waals surface area contributed by atoms with Crippen molar-refractivity contribution in [3.63, 3.8) is 0 Å². The normalized spacial score (nSPS) is 10.4. The summed E-state index contributed by atoms with van der Waals surface area (Å²) < 4.78 is 1.83. The fourth-order valence-electron chi connectivity index (χ4n) is 1.06. The molecule has 1 aromatic rings. The number of aliphatic hydroxyl groups excluding tert-OH is 1. The van der Waals surface area contributed by atoms with Gasteiger partial charge < -0.3 is 10.8 Å². The monoisotopic (exact) mass is 169 g/mol. The van der Waals surface area contributed by atoms with Crippen molar-refractivity contribution < 1.29 is 5.11 Å². The van der Waals surface area contributed by atoms with Crippen LogP contribution in [0.2, 0.25) is 0 Å². The van der Waals surface area contributed by atoms with E-state index in [0.717, 1.165) is 25.8 Å². The summed E-state index contributed by atoms with van der Waals surface area (Å²) in [5.74, 6) is 0. The van der Waals surface area contributed by atoms with E-state index in [0.29, 0.717) is 5.69 Å². The number of aliphatic hydroxyl groups is 1. The molecule has 12 heavy (non-hydrogen) atoms. The second-order valence-corrected chi connectivity index (χ2v) is 2.82. The van der Waals surface area contributed by atoms with Crippen molar-refractivity contribution in [3.8, 4) is 0 Å². The van der Waals surface area contributed by atoms with E-state index in [1.807, 2.05) is 10.9 Å². The average Bonchev–Trinajstić information content (AvgIpc) is 2.45. The predicted molar refractivity (Wildman–Crippen MR) is 47.6 cm³/mol. The molecule has 0 amide bonds. The molecule has 0 fully saturated rings. The van der Waals surface area contributed by atoms with Crippen molar-refractivity contribution in [3.05, 3.63) is 12.4 Å². The van der Waals surface area contributed by atoms with Gasteiger partial charge in [-0.3, -0.25) is 4.68 Å². The number of rotatable bonds is 5. The molecular weight excluding hydrogens is 154 g/mol. The summed E-state index contributed by atoms with van der Waals surface area (Å²) in [5.41, 5.74) is 6.19. The van der Waals surface area contributed by atoms with Crippen LogP contribution < -0.4 is 5.73 Å². The second kappa shape index (κ2) is 4.77. The molecule has 0 radical (unpaired) electrons. The summed E-state index contributed by atoms with van der Waals surface area (Å²) in [4.78, 5) is 0. The highest BCUT2D eigenvalue weighted by atomic mass is 16.2. The Kier molecular flexibility index (Phi) is 3.60. The summed E-state index contributed by atoms with van der Waals surface area (Å²) in [7, 11) is 0. The minimum atomic E-state index is 0.279. The van der Waals surface area contributed by atoms with Crippen LogP contribution in [-0.4, -0.2) is 21.5 Å². The molecule has 1 aromatic heterocycles. The first-order chi connectivity index (χ1) is 5.83. The molecule has 0 saturated heterocycles. The van der Waals surface area contributed by atoms with Crippen molar-refractivity contribution in [1.29, 1.82) is 0 Å². The third-order valence-corrected chi connectivity index (χ3v) is 1.70. The topological polar surface area (TPSA) is 64.1 Å². The Hall–Kier alpha value is -1.03. The standard InChI is InChI=1S/C8H15N3O/c9-8-6-10-11(7-8)4-2-1-3-5-12/h6-7,12H,1-5,9H2. The Balaban J connectivity index is 2.15. The number of aromatic nitrogens is 2. The third kappa shape index (κ3) is 2.92. The van der Waals surface area contributed by atoms with E-state index in [2.05, 4.69) is 5.10 Å². The van der Waals surface area contributed by atoms with Gasteiger partial charge in [-0.1, -0.05) is 0 Å². The summed E-state index contributed by atoms with van der Waals surface area (Å²) in [6.45, 7) is 1.17. The van der Waals surface area contributed by atoms with Crippen molar-refractivity contribution in [2.24, 2.45) is 0 Å². The number of nitrogens with zero attached hydrogens (tertiary/aromatic N) is 2. The van der Waals surface area contributed by atoms with E-state index in [1.54, 1.807) is 6.20 Å². The van der Waals surface area contributed by atoms with Crippen molar-refractivity contribution in [2.45, 2.75) is 25.8 Å². The molecule has 1 heterocycles. The Morgan fingerprint density at radius 1 is 1.42 bits per heavy atom. The Morgan fingerprint density at radius 2 is 2.25 bits per heavy atom. The first-order valence-electron chi connectivity index (χ1n) is 4.21. The SMILES string of the molecule is Nc1cnn(CCCCCO)c1. The van der Waals surface area contributed by atoms with E-state index in [-0.39, 0.29) is 6.61 Å². The van der Waals surface area contributed by atoms with Gasteiger partial charge in [0, 0.05) is 19.3 Å². The van der Waals surface area contributed by atoms with Gasteiger partial charge in [-0.25, -0.2) is 0 Å². The highest BCUT2D eigenvalue weighted by Crippen LogP contribution is 2.01. The van der Waals surface area contributed by atoms with Gasteiger partial charge in [0.25, 0.3) is 0 Å². The lowest BCUT2D eigenvalue weighted by Crippen LogP contribution is -1.98. The van der Waals surface area contributed by atoms with Crippen LogP contribution in [0, 0.1) is 0 Å². The largest absolute Gasteiger partial charge is 0.396 e. The van der Waals surface area contributed by atoms with Crippen molar-refractivity contribution >= 4 is 5.69 Å². The molecule has 0 unspecified atom stereocenters. The zero-order valence-electron chi connectivity index (χ0n) is 7.11. The number of unbranched alkanes of at least 4 members (excludes halogenated alkanes) is 2. The van der Waals surface area contributed by atoms with E-state index in [9.17, 15) is 0 Å². The van der Waals surface area contributed by atoms with Gasteiger partial charge in [0.15, 0.2) is 0 Å². The molecule has 0 bridgehead atoms. The maximum atomic E-state index is 8.53. The van der Waals surface area contributed by atoms with E-state index < -0.39 is 0 Å². The molecule has 0 spiro atoms. The number of nitrogens with two attached hydrogens (primary N) is 1. The minimum absolute atomic E-state index is 0.279. The summed E-state index contributed by atoms with van der Waals surface area (Å²) >= 11 is 0. The molecule has 1 rings (SSSR count). The molecule has 68 valence electrons. The molecule has 0 atom stereocenters. The van der Waals surface area contributed by atoms with Gasteiger partial charge in [-0.05, 0) is 19.3 Å². The quantitative estimate of drug-likeness (QED) is 0.635. The van der Waals surface area contributed by atoms with Crippen LogP contribution in [0.1, 0.15) is 19.3 Å². The van der Waals surface area contributed by atoms with Crippen LogP contribution in [0.15, 0.2) is 12.4 Å². The summed E-state index contributed by atoms with van der Waals surface area (Å²) in [6.07, 6.45) is 6.42. The van der Waals surface area contributed by atoms with E-state index in [4.69, 9.17) is 10.8 Å². The average molecular weight is 169 g/mol. The lowest BCUT2D eigenvalue weighted by Gasteiger charge is -1.99. The lowest BCUT2D eigenvalue weighted by atomic mass is 10.2. The van der Waals surface area contributed by atoms with Crippen LogP contribution in [0.4, 0.5) is 5.69 Å². The number of anilines is 1. The molecule has 0 saturated carbocycles. The molecular formula is C8H15N3O. The van der Waals surface area contributed by atoms with Gasteiger partial charge in [0.05, 0.1) is 11.9 Å². The van der Waals surface area contributed by atoms with E-state index >= 15 is 0 Å². The van der Waals surface area contributed by atoms with Gasteiger partial charge in [-0.15, -0.1) is 0 Å². The molecule has 4 nitrogen and oxygen atoms in total. The van der Waals surface area contributed by atoms with Crippen LogP contribution in [0.25, 0.3) is 0 Å². The van der Waals surface area contributed by atoms with Crippen LogP contribution in [-0.2, 0) is 6.54 Å². The maximum absolute atomic E-state index is 8.53. The number of hydrogen-bond donors (Lipinski definition) is 2. The fourth-order valence-corrected chi connectivity index (χ4v) is 1.06. The highest BCUT2D eigenvalue weighted by molar-refractivity contribution is 5.30. The first kappa shape index (κ1) is 9.06. The van der Waals surface area contributed by atoms with Crippen LogP contribution in [0.5, 0.6) is 0 Å². The smallest absolute Gasteiger partial charge is 0.0719 e. The van der Waals surface area contributed by atoms with Gasteiger partial charge in [0.2, 0.25) is 0 Å². The Morgan fingerprint density at radius 3 is 2.83 bits per heavy atom. The number of nitrogen functional groups attached to an aromatic ring is 1.